The lowest BCUT2D eigenvalue weighted by Gasteiger charge is -2.38. The fourth-order valence-corrected chi connectivity index (χ4v) is 3.15. The molecule has 0 aromatic heterocycles. The van der Waals surface area contributed by atoms with Crippen molar-refractivity contribution in [3.8, 4) is 0 Å². The van der Waals surface area contributed by atoms with E-state index in [0.29, 0.717) is 24.4 Å². The molecule has 0 unspecified atom stereocenters. The van der Waals surface area contributed by atoms with Crippen LogP contribution in [0.4, 0.5) is 4.39 Å². The maximum atomic E-state index is 13.2. The van der Waals surface area contributed by atoms with Gasteiger partial charge < -0.3 is 5.11 Å². The van der Waals surface area contributed by atoms with Crippen LogP contribution in [-0.4, -0.2) is 23.1 Å². The third-order valence-corrected chi connectivity index (χ3v) is 4.61. The van der Waals surface area contributed by atoms with Gasteiger partial charge in [0.05, 0.1) is 5.60 Å². The van der Waals surface area contributed by atoms with E-state index in [2.05, 4.69) is 4.90 Å². The van der Waals surface area contributed by atoms with Crippen LogP contribution in [0.1, 0.15) is 24.0 Å². The first-order valence-corrected chi connectivity index (χ1v) is 7.88. The van der Waals surface area contributed by atoms with E-state index in [4.69, 9.17) is 11.6 Å². The van der Waals surface area contributed by atoms with E-state index in [1.165, 1.54) is 6.07 Å². The zero-order valence-corrected chi connectivity index (χ0v) is 13.1. The lowest BCUT2D eigenvalue weighted by atomic mass is 9.84. The minimum Gasteiger partial charge on any atom is -0.385 e. The monoisotopic (exact) mass is 319 g/mol. The summed E-state index contributed by atoms with van der Waals surface area (Å²) in [5.41, 5.74) is 1.10. The van der Waals surface area contributed by atoms with Crippen LogP contribution in [-0.2, 0) is 12.1 Å². The first kappa shape index (κ1) is 15.5. The van der Waals surface area contributed by atoms with Gasteiger partial charge in [0.1, 0.15) is 5.82 Å². The summed E-state index contributed by atoms with van der Waals surface area (Å²) in [4.78, 5) is 2.25. The summed E-state index contributed by atoms with van der Waals surface area (Å²) in [5.74, 6) is -0.202. The summed E-state index contributed by atoms with van der Waals surface area (Å²) in [5, 5.41) is 11.5. The summed E-state index contributed by atoms with van der Waals surface area (Å²) in [7, 11) is 0. The van der Waals surface area contributed by atoms with Gasteiger partial charge >= 0.3 is 0 Å². The van der Waals surface area contributed by atoms with Crippen LogP contribution in [0.5, 0.6) is 0 Å². The molecule has 22 heavy (non-hydrogen) atoms. The average molecular weight is 320 g/mol. The van der Waals surface area contributed by atoms with Gasteiger partial charge in [0.15, 0.2) is 0 Å². The highest BCUT2D eigenvalue weighted by Crippen LogP contribution is 2.33. The van der Waals surface area contributed by atoms with Crippen molar-refractivity contribution in [2.45, 2.75) is 25.0 Å². The Morgan fingerprint density at radius 2 is 1.77 bits per heavy atom. The van der Waals surface area contributed by atoms with Crippen LogP contribution < -0.4 is 0 Å². The topological polar surface area (TPSA) is 23.5 Å². The van der Waals surface area contributed by atoms with Gasteiger partial charge in [-0.15, -0.1) is 0 Å². The van der Waals surface area contributed by atoms with E-state index in [1.807, 2.05) is 30.3 Å². The van der Waals surface area contributed by atoms with Crippen molar-refractivity contribution in [1.29, 1.82) is 0 Å². The first-order chi connectivity index (χ1) is 10.5. The number of piperidine rings is 1. The first-order valence-electron chi connectivity index (χ1n) is 7.50. The lowest BCUT2D eigenvalue weighted by Crippen LogP contribution is -2.42. The van der Waals surface area contributed by atoms with E-state index >= 15 is 0 Å². The number of rotatable bonds is 3. The molecule has 2 aromatic rings. The van der Waals surface area contributed by atoms with Crippen LogP contribution in [0.2, 0.25) is 5.02 Å². The molecule has 4 heteroatoms. The van der Waals surface area contributed by atoms with E-state index in [0.717, 1.165) is 24.2 Å². The molecule has 1 fully saturated rings. The molecule has 1 aliphatic rings. The molecule has 1 N–H and O–H groups in total. The molecule has 2 aromatic carbocycles. The smallest absolute Gasteiger partial charge is 0.123 e. The molecule has 0 bridgehead atoms. The lowest BCUT2D eigenvalue weighted by molar-refractivity contribution is -0.0277. The van der Waals surface area contributed by atoms with Crippen LogP contribution in [0.15, 0.2) is 48.5 Å². The molecule has 0 radical (unpaired) electrons. The predicted molar refractivity (Wildman–Crippen MR) is 86.3 cm³/mol. The second-order valence-corrected chi connectivity index (χ2v) is 6.38. The van der Waals surface area contributed by atoms with Gasteiger partial charge in [-0.3, -0.25) is 4.90 Å². The molecule has 1 saturated heterocycles. The Balaban J connectivity index is 1.63. The molecule has 0 spiro atoms. The molecule has 1 aliphatic heterocycles. The molecule has 0 saturated carbocycles. The number of aliphatic hydroxyl groups is 1. The maximum Gasteiger partial charge on any atom is 0.123 e. The number of likely N-dealkylation sites (tertiary alicyclic amines) is 1. The second kappa shape index (κ2) is 6.37. The number of hydrogen-bond donors (Lipinski definition) is 1. The summed E-state index contributed by atoms with van der Waals surface area (Å²) in [6.45, 7) is 2.29. The largest absolute Gasteiger partial charge is 0.385 e. The highest BCUT2D eigenvalue weighted by molar-refractivity contribution is 6.30. The fourth-order valence-electron chi connectivity index (χ4n) is 3.02. The number of nitrogens with zero attached hydrogens (tertiary/aromatic N) is 1. The van der Waals surface area contributed by atoms with Crippen molar-refractivity contribution in [1.82, 2.24) is 4.90 Å². The highest BCUT2D eigenvalue weighted by atomic mass is 35.5. The van der Waals surface area contributed by atoms with Crippen molar-refractivity contribution < 1.29 is 9.50 Å². The van der Waals surface area contributed by atoms with Crippen LogP contribution >= 0.6 is 11.6 Å². The van der Waals surface area contributed by atoms with Gasteiger partial charge in [0.25, 0.3) is 0 Å². The Morgan fingerprint density at radius 1 is 1.09 bits per heavy atom. The molecule has 3 rings (SSSR count). The third-order valence-electron chi connectivity index (χ3n) is 4.36. The zero-order valence-electron chi connectivity index (χ0n) is 12.3. The quantitative estimate of drug-likeness (QED) is 0.925. The number of benzene rings is 2. The standard InChI is InChI=1S/C18H19ClFNO/c19-16-6-4-15(5-7-16)18(22)8-10-21(11-9-18)13-14-2-1-3-17(20)12-14/h1-7,12,22H,8-11,13H2. The van der Waals surface area contributed by atoms with Gasteiger partial charge in [-0.05, 0) is 48.2 Å². The molecule has 0 aliphatic carbocycles. The van der Waals surface area contributed by atoms with E-state index in [-0.39, 0.29) is 5.82 Å². The molecular weight excluding hydrogens is 301 g/mol. The summed E-state index contributed by atoms with van der Waals surface area (Å²) >= 11 is 5.90. The van der Waals surface area contributed by atoms with Crippen molar-refractivity contribution in [2.24, 2.45) is 0 Å². The SMILES string of the molecule is OC1(c2ccc(Cl)cc2)CCN(Cc2cccc(F)c2)CC1. The second-order valence-electron chi connectivity index (χ2n) is 5.94. The Kier molecular flexibility index (Phi) is 4.48. The van der Waals surface area contributed by atoms with Crippen LogP contribution in [0.25, 0.3) is 0 Å². The highest BCUT2D eigenvalue weighted by Gasteiger charge is 2.33. The summed E-state index contributed by atoms with van der Waals surface area (Å²) in [6.07, 6.45) is 1.34. The normalized spacial score (nSPS) is 18.3. The molecule has 2 nitrogen and oxygen atoms in total. The van der Waals surface area contributed by atoms with Gasteiger partial charge in [0, 0.05) is 24.7 Å². The number of halogens is 2. The van der Waals surface area contributed by atoms with Crippen LogP contribution in [0, 0.1) is 5.82 Å². The summed E-state index contributed by atoms with van der Waals surface area (Å²) in [6, 6.07) is 14.1. The average Bonchev–Trinajstić information content (AvgIpc) is 2.50. The summed E-state index contributed by atoms with van der Waals surface area (Å²) < 4.78 is 13.2. The Labute approximate surface area is 135 Å². The minimum absolute atomic E-state index is 0.202. The maximum absolute atomic E-state index is 13.2. The van der Waals surface area contributed by atoms with Crippen molar-refractivity contribution in [2.75, 3.05) is 13.1 Å². The van der Waals surface area contributed by atoms with Crippen molar-refractivity contribution in [3.05, 3.63) is 70.5 Å². The third kappa shape index (κ3) is 3.49. The molecule has 0 amide bonds. The molecule has 1 heterocycles. The van der Waals surface area contributed by atoms with Gasteiger partial charge in [0.2, 0.25) is 0 Å². The zero-order chi connectivity index (χ0) is 15.6. The van der Waals surface area contributed by atoms with Gasteiger partial charge in [-0.25, -0.2) is 4.39 Å². The molecular formula is C18H19ClFNO. The van der Waals surface area contributed by atoms with Crippen molar-refractivity contribution >= 4 is 11.6 Å². The minimum atomic E-state index is -0.789. The van der Waals surface area contributed by atoms with E-state index in [1.54, 1.807) is 12.1 Å². The van der Waals surface area contributed by atoms with Crippen LogP contribution in [0.3, 0.4) is 0 Å². The van der Waals surface area contributed by atoms with Crippen molar-refractivity contribution in [3.63, 3.8) is 0 Å². The Bertz CT molecular complexity index is 636. The van der Waals surface area contributed by atoms with E-state index < -0.39 is 5.60 Å². The fraction of sp³-hybridized carbons (Fsp3) is 0.333. The number of hydrogen-bond acceptors (Lipinski definition) is 2. The molecule has 116 valence electrons. The van der Waals surface area contributed by atoms with E-state index in [9.17, 15) is 9.50 Å². The van der Waals surface area contributed by atoms with Gasteiger partial charge in [-0.1, -0.05) is 35.9 Å². The van der Waals surface area contributed by atoms with Gasteiger partial charge in [-0.2, -0.15) is 0 Å². The Morgan fingerprint density at radius 3 is 2.41 bits per heavy atom. The predicted octanol–water partition coefficient (Wildman–Crippen LogP) is 3.96. The Hall–Kier alpha value is -1.42. The molecule has 0 atom stereocenters.